The van der Waals surface area contributed by atoms with Gasteiger partial charge in [-0.1, -0.05) is 35.9 Å². The second-order valence-corrected chi connectivity index (χ2v) is 8.45. The first-order valence-electron chi connectivity index (χ1n) is 9.93. The first-order chi connectivity index (χ1) is 13.4. The Morgan fingerprint density at radius 3 is 2.71 bits per heavy atom. The van der Waals surface area contributed by atoms with E-state index in [-0.39, 0.29) is 11.9 Å². The number of fused-ring (bicyclic) bond motifs is 3. The second kappa shape index (κ2) is 5.84. The van der Waals surface area contributed by atoms with Gasteiger partial charge in [-0.15, -0.1) is 0 Å². The molecule has 2 aliphatic heterocycles. The normalized spacial score (nSPS) is 28.6. The Morgan fingerprint density at radius 2 is 1.96 bits per heavy atom. The minimum Gasteiger partial charge on any atom is -0.486 e. The largest absolute Gasteiger partial charge is 0.486 e. The van der Waals surface area contributed by atoms with Crippen molar-refractivity contribution >= 4 is 11.9 Å². The maximum absolute atomic E-state index is 13.4. The molecule has 2 aromatic carbocycles. The molecule has 5 heteroatoms. The Morgan fingerprint density at radius 1 is 1.18 bits per heavy atom. The average Bonchev–Trinajstić information content (AvgIpc) is 2.82. The van der Waals surface area contributed by atoms with E-state index in [0.717, 1.165) is 42.6 Å². The maximum Gasteiger partial charge on any atom is 0.261 e. The molecule has 1 amide bonds. The summed E-state index contributed by atoms with van der Waals surface area (Å²) in [6, 6.07) is 14.6. The third-order valence-electron chi connectivity index (χ3n) is 6.50. The van der Waals surface area contributed by atoms with Crippen molar-refractivity contribution in [2.75, 3.05) is 7.05 Å². The fourth-order valence-corrected chi connectivity index (χ4v) is 5.13. The molecule has 28 heavy (non-hydrogen) atoms. The van der Waals surface area contributed by atoms with Crippen molar-refractivity contribution in [1.29, 1.82) is 0 Å². The van der Waals surface area contributed by atoms with Crippen LogP contribution in [0.15, 0.2) is 47.5 Å². The Labute approximate surface area is 165 Å². The number of aryl methyl sites for hydroxylation is 2. The second-order valence-electron chi connectivity index (χ2n) is 8.45. The summed E-state index contributed by atoms with van der Waals surface area (Å²) in [5, 5.41) is 0. The molecule has 0 saturated carbocycles. The van der Waals surface area contributed by atoms with Crippen LogP contribution in [0.25, 0.3) is 0 Å². The topological polar surface area (TPSA) is 67.9 Å². The monoisotopic (exact) mass is 375 g/mol. The van der Waals surface area contributed by atoms with Crippen molar-refractivity contribution in [3.8, 4) is 5.75 Å². The third kappa shape index (κ3) is 2.38. The molecule has 5 rings (SSSR count). The highest BCUT2D eigenvalue weighted by atomic mass is 16.5. The molecular weight excluding hydrogens is 350 g/mol. The van der Waals surface area contributed by atoms with Crippen LogP contribution in [0.2, 0.25) is 0 Å². The number of nitrogens with two attached hydrogens (primary N) is 1. The minimum atomic E-state index is -0.988. The highest BCUT2D eigenvalue weighted by molar-refractivity contribution is 6.07. The van der Waals surface area contributed by atoms with Crippen molar-refractivity contribution in [2.45, 2.75) is 50.2 Å². The summed E-state index contributed by atoms with van der Waals surface area (Å²) in [6.45, 7) is 2.02. The highest BCUT2D eigenvalue weighted by Gasteiger charge is 2.58. The SMILES string of the molecule is Cc1ccc2c(c1)C1(CC3(CCCc4ccccc4C3)O2)N=C(N)N(C)C1=O. The number of aliphatic imine (C=N–C) groups is 1. The van der Waals surface area contributed by atoms with Crippen LogP contribution < -0.4 is 10.5 Å². The molecule has 0 aromatic heterocycles. The van der Waals surface area contributed by atoms with E-state index in [1.807, 2.05) is 25.1 Å². The highest BCUT2D eigenvalue weighted by Crippen LogP contribution is 2.52. The number of likely N-dealkylation sites (N-methyl/N-ethyl adjacent to an activating group) is 1. The van der Waals surface area contributed by atoms with Crippen LogP contribution in [0, 0.1) is 6.92 Å². The summed E-state index contributed by atoms with van der Waals surface area (Å²) in [5.41, 5.74) is 9.27. The van der Waals surface area contributed by atoms with Gasteiger partial charge in [0.2, 0.25) is 0 Å². The first-order valence-corrected chi connectivity index (χ1v) is 9.93. The van der Waals surface area contributed by atoms with E-state index in [9.17, 15) is 4.79 Å². The van der Waals surface area contributed by atoms with Crippen LogP contribution in [0.1, 0.15) is 41.5 Å². The van der Waals surface area contributed by atoms with Gasteiger partial charge in [-0.3, -0.25) is 9.69 Å². The van der Waals surface area contributed by atoms with Crippen molar-refractivity contribution in [3.63, 3.8) is 0 Å². The van der Waals surface area contributed by atoms with Crippen molar-refractivity contribution in [3.05, 3.63) is 64.7 Å². The van der Waals surface area contributed by atoms with E-state index in [4.69, 9.17) is 15.5 Å². The summed E-state index contributed by atoms with van der Waals surface area (Å²) in [6.07, 6.45) is 4.26. The number of benzene rings is 2. The van der Waals surface area contributed by atoms with Gasteiger partial charge >= 0.3 is 0 Å². The molecule has 0 bridgehead atoms. The number of rotatable bonds is 0. The van der Waals surface area contributed by atoms with Gasteiger partial charge in [0.1, 0.15) is 11.4 Å². The molecular formula is C23H25N3O2. The lowest BCUT2D eigenvalue weighted by Gasteiger charge is -2.45. The molecule has 2 spiro atoms. The zero-order chi connectivity index (χ0) is 19.5. The Hall–Kier alpha value is -2.82. The van der Waals surface area contributed by atoms with Crippen LogP contribution in [0.5, 0.6) is 5.75 Å². The zero-order valence-corrected chi connectivity index (χ0v) is 16.4. The molecule has 2 atom stereocenters. The number of nitrogens with zero attached hydrogens (tertiary/aromatic N) is 2. The fourth-order valence-electron chi connectivity index (χ4n) is 5.13. The number of carbonyl (C=O) groups is 1. The smallest absolute Gasteiger partial charge is 0.261 e. The predicted octanol–water partition coefficient (Wildman–Crippen LogP) is 3.08. The predicted molar refractivity (Wildman–Crippen MR) is 108 cm³/mol. The van der Waals surface area contributed by atoms with Gasteiger partial charge in [-0.05, 0) is 49.4 Å². The quantitative estimate of drug-likeness (QED) is 0.769. The van der Waals surface area contributed by atoms with Gasteiger partial charge in [0.25, 0.3) is 5.91 Å². The van der Waals surface area contributed by atoms with Gasteiger partial charge in [0, 0.05) is 25.5 Å². The number of hydrogen-bond acceptors (Lipinski definition) is 4. The molecule has 2 N–H and O–H groups in total. The van der Waals surface area contributed by atoms with E-state index in [0.29, 0.717) is 6.42 Å². The standard InChI is InChI=1S/C23H25N3O2/c1-15-9-10-19-18(12-15)23(20(27)26(2)21(24)25-23)14-22(28-19)11-5-8-16-6-3-4-7-17(16)13-22/h3-4,6-7,9-10,12H,5,8,11,13-14H2,1-2H3,(H2,24,25). The third-order valence-corrected chi connectivity index (χ3v) is 6.50. The van der Waals surface area contributed by atoms with Crippen molar-refractivity contribution in [1.82, 2.24) is 4.90 Å². The van der Waals surface area contributed by atoms with Gasteiger partial charge in [-0.2, -0.15) is 0 Å². The Balaban J connectivity index is 1.68. The Bertz CT molecular complexity index is 1010. The molecule has 0 fully saturated rings. The first kappa shape index (κ1) is 17.3. The molecule has 5 nitrogen and oxygen atoms in total. The van der Waals surface area contributed by atoms with E-state index >= 15 is 0 Å². The van der Waals surface area contributed by atoms with E-state index in [1.165, 1.54) is 16.0 Å². The summed E-state index contributed by atoms with van der Waals surface area (Å²) in [4.78, 5) is 19.6. The maximum atomic E-state index is 13.4. The molecule has 0 saturated heterocycles. The molecule has 1 aliphatic carbocycles. The van der Waals surface area contributed by atoms with Gasteiger partial charge in [0.15, 0.2) is 11.5 Å². The molecule has 2 unspecified atom stereocenters. The average molecular weight is 375 g/mol. The van der Waals surface area contributed by atoms with Crippen LogP contribution in [0.4, 0.5) is 0 Å². The van der Waals surface area contributed by atoms with E-state index in [1.54, 1.807) is 7.05 Å². The number of guanidine groups is 1. The minimum absolute atomic E-state index is 0.0583. The van der Waals surface area contributed by atoms with Gasteiger partial charge in [0.05, 0.1) is 0 Å². The van der Waals surface area contributed by atoms with Crippen molar-refractivity contribution < 1.29 is 9.53 Å². The lowest BCUT2D eigenvalue weighted by atomic mass is 9.72. The van der Waals surface area contributed by atoms with Crippen LogP contribution in [-0.2, 0) is 23.2 Å². The molecule has 2 heterocycles. The van der Waals surface area contributed by atoms with Crippen molar-refractivity contribution in [2.24, 2.45) is 10.7 Å². The number of carbonyl (C=O) groups excluding carboxylic acids is 1. The lowest BCUT2D eigenvalue weighted by molar-refractivity contribution is -0.134. The summed E-state index contributed by atoms with van der Waals surface area (Å²) >= 11 is 0. The van der Waals surface area contributed by atoms with Crippen LogP contribution in [-0.4, -0.2) is 29.4 Å². The Kier molecular flexibility index (Phi) is 3.60. The molecule has 2 aromatic rings. The summed E-state index contributed by atoms with van der Waals surface area (Å²) in [5.74, 6) is 0.983. The fraction of sp³-hybridized carbons (Fsp3) is 0.391. The van der Waals surface area contributed by atoms with Crippen LogP contribution in [0.3, 0.4) is 0 Å². The van der Waals surface area contributed by atoms with E-state index in [2.05, 4.69) is 24.3 Å². The van der Waals surface area contributed by atoms with E-state index < -0.39 is 11.1 Å². The lowest BCUT2D eigenvalue weighted by Crippen LogP contribution is -2.52. The molecule has 3 aliphatic rings. The summed E-state index contributed by atoms with van der Waals surface area (Å²) < 4.78 is 6.68. The van der Waals surface area contributed by atoms with Crippen LogP contribution >= 0.6 is 0 Å². The zero-order valence-electron chi connectivity index (χ0n) is 16.4. The number of amides is 1. The van der Waals surface area contributed by atoms with Gasteiger partial charge < -0.3 is 10.5 Å². The van der Waals surface area contributed by atoms with Gasteiger partial charge in [-0.25, -0.2) is 4.99 Å². The molecule has 0 radical (unpaired) electrons. The number of ether oxygens (including phenoxy) is 1. The summed E-state index contributed by atoms with van der Waals surface area (Å²) in [7, 11) is 1.70. The number of hydrogen-bond donors (Lipinski definition) is 1. The molecule has 144 valence electrons.